The molecule has 0 bridgehead atoms. The molecule has 0 radical (unpaired) electrons. The molecule has 0 rings (SSSR count). The number of hydrogen-bond donors (Lipinski definition) is 0. The molecule has 0 spiro atoms. The Bertz CT molecular complexity index is 255. The lowest BCUT2D eigenvalue weighted by Gasteiger charge is -2.04. The summed E-state index contributed by atoms with van der Waals surface area (Å²) >= 11 is 0. The summed E-state index contributed by atoms with van der Waals surface area (Å²) in [6, 6.07) is 0.332. The van der Waals surface area contributed by atoms with Crippen LogP contribution in [0.15, 0.2) is 11.8 Å². The highest BCUT2D eigenvalue weighted by Gasteiger charge is 2.15. The molecule has 0 amide bonds. The molecule has 0 saturated carbocycles. The second-order valence-electron chi connectivity index (χ2n) is 3.85. The Morgan fingerprint density at radius 3 is 1.85 bits per heavy atom. The van der Waals surface area contributed by atoms with Crippen LogP contribution in [0.3, 0.4) is 0 Å². The van der Waals surface area contributed by atoms with Crippen LogP contribution >= 0.6 is 0 Å². The lowest BCUT2D eigenvalue weighted by molar-refractivity contribution is -0.491. The summed E-state index contributed by atoms with van der Waals surface area (Å²) in [7, 11) is 0. The normalized spacial score (nSPS) is 12.5. The van der Waals surface area contributed by atoms with Gasteiger partial charge in [-0.25, -0.2) is 0 Å². The highest BCUT2D eigenvalue weighted by Crippen LogP contribution is 1.98. The second kappa shape index (κ2) is 4.95. The van der Waals surface area contributed by atoms with E-state index in [4.69, 9.17) is 0 Å². The smallest absolute Gasteiger partial charge is 0.221 e. The number of rotatable bonds is 3. The first kappa shape index (κ1) is 12.1. The second-order valence-corrected chi connectivity index (χ2v) is 3.85. The van der Waals surface area contributed by atoms with Gasteiger partial charge in [0.05, 0.1) is 0 Å². The van der Waals surface area contributed by atoms with Gasteiger partial charge in [0.1, 0.15) is 0 Å². The van der Waals surface area contributed by atoms with Gasteiger partial charge in [0.25, 0.3) is 0 Å². The third-order valence-electron chi connectivity index (χ3n) is 1.85. The van der Waals surface area contributed by atoms with Crippen LogP contribution in [0.2, 0.25) is 0 Å². The van der Waals surface area contributed by atoms with Gasteiger partial charge in [0.2, 0.25) is 11.5 Å². The maximum atomic E-state index is 11.2. The van der Waals surface area contributed by atoms with Gasteiger partial charge >= 0.3 is 0 Å². The van der Waals surface area contributed by atoms with Crippen molar-refractivity contribution in [1.29, 1.82) is 0 Å². The molecule has 0 fully saturated rings. The minimum Gasteiger partial charge on any atom is -0.288 e. The Kier molecular flexibility index (Phi) is 4.60. The van der Waals surface area contributed by atoms with Crippen LogP contribution in [-0.2, 0) is 4.79 Å². The lowest BCUT2D eigenvalue weighted by Crippen LogP contribution is -2.26. The third kappa shape index (κ3) is 4.02. The molecule has 0 unspecified atom stereocenters. The molecule has 74 valence electrons. The zero-order valence-corrected chi connectivity index (χ0v) is 9.51. The molecule has 0 aliphatic rings. The van der Waals surface area contributed by atoms with E-state index >= 15 is 0 Å². The molecule has 13 heavy (non-hydrogen) atoms. The molecule has 0 aliphatic heterocycles. The van der Waals surface area contributed by atoms with Gasteiger partial charge in [0.15, 0.2) is 12.2 Å². The van der Waals surface area contributed by atoms with E-state index in [-0.39, 0.29) is 5.78 Å². The summed E-state index contributed by atoms with van der Waals surface area (Å²) in [5.41, 5.74) is 2.01. The number of carbonyl (C=O) groups is 1. The van der Waals surface area contributed by atoms with Gasteiger partial charge < -0.3 is 0 Å². The Morgan fingerprint density at radius 2 is 1.62 bits per heavy atom. The van der Waals surface area contributed by atoms with Crippen molar-refractivity contribution < 1.29 is 9.37 Å². The van der Waals surface area contributed by atoms with Gasteiger partial charge in [-0.1, -0.05) is 0 Å². The number of carbonyl (C=O) groups excluding carboxylic acids is 1. The zero-order chi connectivity index (χ0) is 10.6. The van der Waals surface area contributed by atoms with Gasteiger partial charge in [-0.3, -0.25) is 4.79 Å². The molecule has 0 atom stereocenters. The molecule has 2 nitrogen and oxygen atoms in total. The fraction of sp³-hybridized carbons (Fsp3) is 0.636. The maximum Gasteiger partial charge on any atom is 0.221 e. The quantitative estimate of drug-likeness (QED) is 0.484. The standard InChI is InChI=1S/C11H20NO/c1-8(2)7-12(9(3)4)10(5)11(6)13/h7,9H,1-6H3/q+1. The predicted octanol–water partition coefficient (Wildman–Crippen LogP) is 2.38. The SMILES string of the molecule is CC(=O)C(C)=[N+](C=C(C)C)C(C)C. The molecular weight excluding hydrogens is 162 g/mol. The number of allylic oxidation sites excluding steroid dienone is 1. The van der Waals surface area contributed by atoms with Crippen LogP contribution in [-0.4, -0.2) is 22.1 Å². The zero-order valence-electron chi connectivity index (χ0n) is 9.51. The fourth-order valence-electron chi connectivity index (χ4n) is 1.09. The number of hydrogen-bond acceptors (Lipinski definition) is 1. The predicted molar refractivity (Wildman–Crippen MR) is 56.2 cm³/mol. The van der Waals surface area contributed by atoms with E-state index in [0.717, 1.165) is 5.71 Å². The average Bonchev–Trinajstić information content (AvgIpc) is 1.97. The van der Waals surface area contributed by atoms with Crippen molar-refractivity contribution in [2.45, 2.75) is 47.6 Å². The van der Waals surface area contributed by atoms with E-state index in [1.165, 1.54) is 5.57 Å². The molecule has 2 heteroatoms. The van der Waals surface area contributed by atoms with Gasteiger partial charge in [-0.2, -0.15) is 4.58 Å². The van der Waals surface area contributed by atoms with E-state index in [1.54, 1.807) is 6.92 Å². The van der Waals surface area contributed by atoms with Gasteiger partial charge in [-0.15, -0.1) is 0 Å². The van der Waals surface area contributed by atoms with Crippen LogP contribution in [0.25, 0.3) is 0 Å². The first-order valence-electron chi connectivity index (χ1n) is 4.64. The van der Waals surface area contributed by atoms with E-state index in [0.29, 0.717) is 6.04 Å². The summed E-state index contributed by atoms with van der Waals surface area (Å²) in [4.78, 5) is 11.2. The highest BCUT2D eigenvalue weighted by molar-refractivity contribution is 6.35. The molecule has 0 N–H and O–H groups in total. The van der Waals surface area contributed by atoms with Crippen molar-refractivity contribution in [2.75, 3.05) is 0 Å². The summed E-state index contributed by atoms with van der Waals surface area (Å²) in [6.07, 6.45) is 2.02. The summed E-state index contributed by atoms with van der Waals surface area (Å²) in [5, 5.41) is 0. The Hall–Kier alpha value is -0.920. The van der Waals surface area contributed by atoms with Gasteiger partial charge in [0, 0.05) is 13.8 Å². The fourth-order valence-corrected chi connectivity index (χ4v) is 1.09. The van der Waals surface area contributed by atoms with Crippen molar-refractivity contribution in [3.63, 3.8) is 0 Å². The topological polar surface area (TPSA) is 20.1 Å². The summed E-state index contributed by atoms with van der Waals surface area (Å²) in [6.45, 7) is 11.7. The lowest BCUT2D eigenvalue weighted by atomic mass is 10.2. The Labute approximate surface area is 81.0 Å². The minimum absolute atomic E-state index is 0.131. The average molecular weight is 182 g/mol. The van der Waals surface area contributed by atoms with Crippen LogP contribution in [0.4, 0.5) is 0 Å². The molecule has 0 aliphatic carbocycles. The monoisotopic (exact) mass is 182 g/mol. The Morgan fingerprint density at radius 1 is 1.15 bits per heavy atom. The minimum atomic E-state index is 0.131. The van der Waals surface area contributed by atoms with Crippen molar-refractivity contribution in [2.24, 2.45) is 0 Å². The van der Waals surface area contributed by atoms with Crippen molar-refractivity contribution in [1.82, 2.24) is 0 Å². The van der Waals surface area contributed by atoms with Crippen LogP contribution in [0.5, 0.6) is 0 Å². The number of nitrogens with zero attached hydrogens (tertiary/aromatic N) is 1. The highest BCUT2D eigenvalue weighted by atomic mass is 16.1. The molecule has 0 saturated heterocycles. The molecule has 0 aromatic heterocycles. The molecular formula is C11H20NO+. The van der Waals surface area contributed by atoms with Crippen LogP contribution in [0, 0.1) is 0 Å². The van der Waals surface area contributed by atoms with Crippen molar-refractivity contribution >= 4 is 11.5 Å². The maximum absolute atomic E-state index is 11.2. The molecule has 0 heterocycles. The Balaban J connectivity index is 5.13. The van der Waals surface area contributed by atoms with Crippen molar-refractivity contribution in [3.8, 4) is 0 Å². The third-order valence-corrected chi connectivity index (χ3v) is 1.85. The molecule has 0 aromatic rings. The van der Waals surface area contributed by atoms with E-state index in [9.17, 15) is 4.79 Å². The number of Topliss-reactive ketones (excluding diaryl/α,β-unsaturated/α-hetero) is 1. The van der Waals surface area contributed by atoms with Crippen LogP contribution < -0.4 is 0 Å². The molecule has 0 aromatic carbocycles. The van der Waals surface area contributed by atoms with Crippen LogP contribution in [0.1, 0.15) is 41.5 Å². The summed E-state index contributed by atoms with van der Waals surface area (Å²) in [5.74, 6) is 0.131. The van der Waals surface area contributed by atoms with E-state index in [2.05, 4.69) is 13.8 Å². The van der Waals surface area contributed by atoms with Crippen molar-refractivity contribution in [3.05, 3.63) is 11.8 Å². The first-order chi connectivity index (χ1) is 5.86. The van der Waals surface area contributed by atoms with E-state index in [1.807, 2.05) is 31.5 Å². The van der Waals surface area contributed by atoms with E-state index < -0.39 is 0 Å². The van der Waals surface area contributed by atoms with Gasteiger partial charge in [-0.05, 0) is 33.3 Å². The first-order valence-corrected chi connectivity index (χ1v) is 4.64. The summed E-state index contributed by atoms with van der Waals surface area (Å²) < 4.78 is 2.01. The number of ketones is 1. The largest absolute Gasteiger partial charge is 0.288 e.